The van der Waals surface area contributed by atoms with Gasteiger partial charge in [-0.25, -0.2) is 4.79 Å². The summed E-state index contributed by atoms with van der Waals surface area (Å²) in [6.07, 6.45) is 0.965. The molecular formula is C14H23NO5. The van der Waals surface area contributed by atoms with Crippen LogP contribution in [-0.2, 0) is 19.0 Å². The Kier molecular flexibility index (Phi) is 3.95. The fourth-order valence-corrected chi connectivity index (χ4v) is 2.72. The van der Waals surface area contributed by atoms with Gasteiger partial charge in [-0.15, -0.1) is 0 Å². The summed E-state index contributed by atoms with van der Waals surface area (Å²) in [5.74, 6) is -0.321. The summed E-state index contributed by atoms with van der Waals surface area (Å²) in [5, 5.41) is 0. The second kappa shape index (κ2) is 5.24. The standard InChI is InChI=1S/C14H23NO5/c1-13(2,3)20-12(17)15-8-14(9-15)7-10(5-6-19-14)11(16)18-4/h10H,5-9H2,1-4H3. The van der Waals surface area contributed by atoms with E-state index in [2.05, 4.69) is 0 Å². The molecule has 0 radical (unpaired) electrons. The summed E-state index contributed by atoms with van der Waals surface area (Å²) < 4.78 is 15.9. The molecule has 2 aliphatic rings. The van der Waals surface area contributed by atoms with Crippen LogP contribution in [0.5, 0.6) is 0 Å². The number of nitrogens with zero attached hydrogens (tertiary/aromatic N) is 1. The molecule has 0 saturated carbocycles. The second-order valence-electron chi connectivity index (χ2n) is 6.58. The topological polar surface area (TPSA) is 65.1 Å². The number of rotatable bonds is 1. The first-order valence-corrected chi connectivity index (χ1v) is 6.94. The molecule has 1 spiro atoms. The Morgan fingerprint density at radius 2 is 1.95 bits per heavy atom. The van der Waals surface area contributed by atoms with Crippen molar-refractivity contribution in [1.29, 1.82) is 0 Å². The Labute approximate surface area is 119 Å². The molecule has 2 saturated heterocycles. The minimum atomic E-state index is -0.498. The van der Waals surface area contributed by atoms with E-state index in [1.54, 1.807) is 4.90 Å². The second-order valence-corrected chi connectivity index (χ2v) is 6.58. The van der Waals surface area contributed by atoms with E-state index >= 15 is 0 Å². The number of ether oxygens (including phenoxy) is 3. The third-order valence-corrected chi connectivity index (χ3v) is 3.64. The quantitative estimate of drug-likeness (QED) is 0.684. The molecule has 6 heteroatoms. The van der Waals surface area contributed by atoms with E-state index in [4.69, 9.17) is 14.2 Å². The normalized spacial score (nSPS) is 25.0. The van der Waals surface area contributed by atoms with E-state index in [1.165, 1.54) is 7.11 Å². The fourth-order valence-electron chi connectivity index (χ4n) is 2.72. The average Bonchev–Trinajstić information content (AvgIpc) is 2.32. The Morgan fingerprint density at radius 1 is 1.30 bits per heavy atom. The SMILES string of the molecule is COC(=O)C1CCOC2(C1)CN(C(=O)OC(C)(C)C)C2. The molecule has 0 aliphatic carbocycles. The van der Waals surface area contributed by atoms with Crippen molar-refractivity contribution in [3.05, 3.63) is 0 Å². The molecule has 0 N–H and O–H groups in total. The van der Waals surface area contributed by atoms with Crippen molar-refractivity contribution in [2.45, 2.75) is 44.8 Å². The average molecular weight is 285 g/mol. The monoisotopic (exact) mass is 285 g/mol. The molecule has 1 amide bonds. The first-order valence-electron chi connectivity index (χ1n) is 6.94. The van der Waals surface area contributed by atoms with Crippen molar-refractivity contribution in [3.8, 4) is 0 Å². The molecule has 0 aromatic rings. The van der Waals surface area contributed by atoms with Gasteiger partial charge in [-0.1, -0.05) is 0 Å². The molecule has 20 heavy (non-hydrogen) atoms. The van der Waals surface area contributed by atoms with Crippen molar-refractivity contribution in [2.24, 2.45) is 5.92 Å². The molecule has 6 nitrogen and oxygen atoms in total. The van der Waals surface area contributed by atoms with Crippen LogP contribution in [-0.4, -0.2) is 55.0 Å². The van der Waals surface area contributed by atoms with Gasteiger partial charge in [-0.2, -0.15) is 0 Å². The number of likely N-dealkylation sites (tertiary alicyclic amines) is 1. The van der Waals surface area contributed by atoms with Gasteiger partial charge in [-0.05, 0) is 33.6 Å². The van der Waals surface area contributed by atoms with Gasteiger partial charge in [0.1, 0.15) is 11.2 Å². The molecule has 2 heterocycles. The predicted molar refractivity (Wildman–Crippen MR) is 71.2 cm³/mol. The number of amides is 1. The van der Waals surface area contributed by atoms with Crippen LogP contribution in [0.4, 0.5) is 4.79 Å². The molecule has 2 aliphatic heterocycles. The van der Waals surface area contributed by atoms with Crippen molar-refractivity contribution in [1.82, 2.24) is 4.90 Å². The number of esters is 1. The lowest BCUT2D eigenvalue weighted by atomic mass is 9.80. The highest BCUT2D eigenvalue weighted by Crippen LogP contribution is 2.37. The lowest BCUT2D eigenvalue weighted by molar-refractivity contribution is -0.184. The summed E-state index contributed by atoms with van der Waals surface area (Å²) in [6, 6.07) is 0. The van der Waals surface area contributed by atoms with Gasteiger partial charge in [0.05, 0.1) is 26.1 Å². The van der Waals surface area contributed by atoms with Crippen molar-refractivity contribution >= 4 is 12.1 Å². The molecule has 1 atom stereocenters. The van der Waals surface area contributed by atoms with Gasteiger partial charge in [-0.3, -0.25) is 4.79 Å². The third kappa shape index (κ3) is 3.23. The number of methoxy groups -OCH3 is 1. The number of hydrogen-bond donors (Lipinski definition) is 0. The van der Waals surface area contributed by atoms with Gasteiger partial charge >= 0.3 is 12.1 Å². The minimum Gasteiger partial charge on any atom is -0.469 e. The Morgan fingerprint density at radius 3 is 2.50 bits per heavy atom. The summed E-state index contributed by atoms with van der Waals surface area (Å²) in [5.41, 5.74) is -0.893. The molecule has 0 bridgehead atoms. The smallest absolute Gasteiger partial charge is 0.410 e. The van der Waals surface area contributed by atoms with Crippen molar-refractivity contribution < 1.29 is 23.8 Å². The highest BCUT2D eigenvalue weighted by atomic mass is 16.6. The molecule has 114 valence electrons. The van der Waals surface area contributed by atoms with Crippen LogP contribution < -0.4 is 0 Å². The van der Waals surface area contributed by atoms with E-state index in [0.717, 1.165) is 0 Å². The van der Waals surface area contributed by atoms with Crippen LogP contribution >= 0.6 is 0 Å². The maximum atomic E-state index is 11.9. The van der Waals surface area contributed by atoms with Crippen LogP contribution in [0, 0.1) is 5.92 Å². The van der Waals surface area contributed by atoms with E-state index < -0.39 is 11.2 Å². The van der Waals surface area contributed by atoms with E-state index in [-0.39, 0.29) is 18.0 Å². The maximum Gasteiger partial charge on any atom is 0.410 e. The maximum absolute atomic E-state index is 11.9. The first kappa shape index (κ1) is 15.1. The van der Waals surface area contributed by atoms with Crippen LogP contribution in [0.25, 0.3) is 0 Å². The molecule has 2 rings (SSSR count). The van der Waals surface area contributed by atoms with Gasteiger partial charge < -0.3 is 19.1 Å². The largest absolute Gasteiger partial charge is 0.469 e. The molecule has 0 aromatic carbocycles. The summed E-state index contributed by atoms with van der Waals surface area (Å²) in [4.78, 5) is 25.1. The van der Waals surface area contributed by atoms with Gasteiger partial charge in [0.2, 0.25) is 0 Å². The van der Waals surface area contributed by atoms with Crippen LogP contribution in [0.1, 0.15) is 33.6 Å². The molecule has 2 fully saturated rings. The molecule has 0 aromatic heterocycles. The zero-order valence-corrected chi connectivity index (χ0v) is 12.6. The molecule has 1 unspecified atom stereocenters. The van der Waals surface area contributed by atoms with Gasteiger partial charge in [0, 0.05) is 6.61 Å². The predicted octanol–water partition coefficient (Wildman–Crippen LogP) is 1.58. The summed E-state index contributed by atoms with van der Waals surface area (Å²) in [7, 11) is 1.40. The van der Waals surface area contributed by atoms with Crippen LogP contribution in [0.3, 0.4) is 0 Å². The first-order chi connectivity index (χ1) is 9.25. The Hall–Kier alpha value is -1.30. The lowest BCUT2D eigenvalue weighted by Crippen LogP contribution is -2.67. The van der Waals surface area contributed by atoms with E-state index in [9.17, 15) is 9.59 Å². The summed E-state index contributed by atoms with van der Waals surface area (Å²) in [6.45, 7) is 7.01. The number of carbonyl (C=O) groups excluding carboxylic acids is 2. The highest BCUT2D eigenvalue weighted by Gasteiger charge is 2.51. The van der Waals surface area contributed by atoms with Crippen LogP contribution in [0.2, 0.25) is 0 Å². The Bertz CT molecular complexity index is 395. The fraction of sp³-hybridized carbons (Fsp3) is 0.857. The van der Waals surface area contributed by atoms with Gasteiger partial charge in [0.15, 0.2) is 0 Å². The van der Waals surface area contributed by atoms with Crippen LogP contribution in [0.15, 0.2) is 0 Å². The van der Waals surface area contributed by atoms with Crippen molar-refractivity contribution in [3.63, 3.8) is 0 Å². The van der Waals surface area contributed by atoms with Gasteiger partial charge in [0.25, 0.3) is 0 Å². The number of carbonyl (C=O) groups is 2. The van der Waals surface area contributed by atoms with E-state index in [1.807, 2.05) is 20.8 Å². The van der Waals surface area contributed by atoms with E-state index in [0.29, 0.717) is 32.5 Å². The Balaban J connectivity index is 1.88. The van der Waals surface area contributed by atoms with Crippen molar-refractivity contribution in [2.75, 3.05) is 26.8 Å². The zero-order chi connectivity index (χ0) is 15.0. The third-order valence-electron chi connectivity index (χ3n) is 3.64. The number of hydrogen-bond acceptors (Lipinski definition) is 5. The summed E-state index contributed by atoms with van der Waals surface area (Å²) >= 11 is 0. The lowest BCUT2D eigenvalue weighted by Gasteiger charge is -2.52. The minimum absolute atomic E-state index is 0.130. The molecular weight excluding hydrogens is 262 g/mol. The highest BCUT2D eigenvalue weighted by molar-refractivity contribution is 5.73. The zero-order valence-electron chi connectivity index (χ0n) is 12.6.